The molecule has 4 heteroatoms. The lowest BCUT2D eigenvalue weighted by Crippen LogP contribution is -2.37. The van der Waals surface area contributed by atoms with E-state index in [9.17, 15) is 4.79 Å². The second-order valence-electron chi connectivity index (χ2n) is 3.64. The summed E-state index contributed by atoms with van der Waals surface area (Å²) >= 11 is 0. The lowest BCUT2D eigenvalue weighted by atomic mass is 10.0. The van der Waals surface area contributed by atoms with E-state index in [-0.39, 0.29) is 11.9 Å². The van der Waals surface area contributed by atoms with Crippen molar-refractivity contribution in [3.63, 3.8) is 0 Å². The van der Waals surface area contributed by atoms with Crippen LogP contribution in [-0.2, 0) is 9.53 Å². The molecule has 0 aliphatic rings. The number of hydrogen-bond acceptors (Lipinski definition) is 3. The molecule has 0 radical (unpaired) electrons. The van der Waals surface area contributed by atoms with Crippen molar-refractivity contribution in [1.29, 1.82) is 0 Å². The zero-order valence-electron chi connectivity index (χ0n) is 9.38. The molecule has 0 aromatic carbocycles. The molecule has 3 N–H and O–H groups in total. The van der Waals surface area contributed by atoms with Gasteiger partial charge in [-0.25, -0.2) is 0 Å². The SMILES string of the molecule is CCC(CN)CC(=O)NC(C)COC. The van der Waals surface area contributed by atoms with E-state index >= 15 is 0 Å². The van der Waals surface area contributed by atoms with Crippen molar-refractivity contribution in [2.24, 2.45) is 11.7 Å². The Balaban J connectivity index is 3.73. The molecule has 0 spiro atoms. The van der Waals surface area contributed by atoms with Gasteiger partial charge in [-0.3, -0.25) is 4.79 Å². The summed E-state index contributed by atoms with van der Waals surface area (Å²) in [6.07, 6.45) is 1.46. The van der Waals surface area contributed by atoms with Crippen LogP contribution in [0.2, 0.25) is 0 Å². The van der Waals surface area contributed by atoms with Crippen molar-refractivity contribution in [1.82, 2.24) is 5.32 Å². The Kier molecular flexibility index (Phi) is 7.42. The van der Waals surface area contributed by atoms with Gasteiger partial charge < -0.3 is 15.8 Å². The maximum absolute atomic E-state index is 11.4. The lowest BCUT2D eigenvalue weighted by molar-refractivity contribution is -0.122. The Bertz CT molecular complexity index is 158. The van der Waals surface area contributed by atoms with Crippen molar-refractivity contribution in [2.75, 3.05) is 20.3 Å². The van der Waals surface area contributed by atoms with Gasteiger partial charge in [0.05, 0.1) is 6.61 Å². The third kappa shape index (κ3) is 5.94. The molecule has 0 rings (SSSR count). The van der Waals surface area contributed by atoms with Crippen molar-refractivity contribution in [3.05, 3.63) is 0 Å². The first kappa shape index (κ1) is 13.4. The minimum atomic E-state index is 0.0619. The van der Waals surface area contributed by atoms with E-state index in [1.807, 2.05) is 13.8 Å². The number of carbonyl (C=O) groups is 1. The molecule has 84 valence electrons. The highest BCUT2D eigenvalue weighted by Crippen LogP contribution is 2.05. The molecule has 2 atom stereocenters. The topological polar surface area (TPSA) is 64.4 Å². The normalized spacial score (nSPS) is 14.9. The molecule has 0 saturated carbocycles. The maximum atomic E-state index is 11.4. The predicted octanol–water partition coefficient (Wildman–Crippen LogP) is 0.513. The Labute approximate surface area is 86.2 Å². The number of hydrogen-bond donors (Lipinski definition) is 2. The van der Waals surface area contributed by atoms with Crippen molar-refractivity contribution >= 4 is 5.91 Å². The van der Waals surface area contributed by atoms with E-state index in [1.165, 1.54) is 0 Å². The van der Waals surface area contributed by atoms with Crippen LogP contribution in [0, 0.1) is 5.92 Å². The molecule has 0 bridgehead atoms. The predicted molar refractivity (Wildman–Crippen MR) is 56.9 cm³/mol. The Morgan fingerprint density at radius 1 is 1.57 bits per heavy atom. The molecule has 0 saturated heterocycles. The second-order valence-corrected chi connectivity index (χ2v) is 3.64. The maximum Gasteiger partial charge on any atom is 0.220 e. The average molecular weight is 202 g/mol. The molecule has 0 aromatic heterocycles. The number of carbonyl (C=O) groups excluding carboxylic acids is 1. The summed E-state index contributed by atoms with van der Waals surface area (Å²) in [5.74, 6) is 0.358. The number of methoxy groups -OCH3 is 1. The van der Waals surface area contributed by atoms with E-state index in [2.05, 4.69) is 5.32 Å². The van der Waals surface area contributed by atoms with E-state index < -0.39 is 0 Å². The van der Waals surface area contributed by atoms with Crippen LogP contribution in [0.1, 0.15) is 26.7 Å². The molecule has 0 aromatic rings. The third-order valence-electron chi connectivity index (χ3n) is 2.21. The Morgan fingerprint density at radius 2 is 2.21 bits per heavy atom. The van der Waals surface area contributed by atoms with E-state index in [4.69, 9.17) is 10.5 Å². The molecule has 1 amide bonds. The van der Waals surface area contributed by atoms with Gasteiger partial charge in [-0.15, -0.1) is 0 Å². The van der Waals surface area contributed by atoms with Crippen LogP contribution in [-0.4, -0.2) is 32.2 Å². The molecule has 14 heavy (non-hydrogen) atoms. The van der Waals surface area contributed by atoms with Crippen LogP contribution in [0.4, 0.5) is 0 Å². The fraction of sp³-hybridized carbons (Fsp3) is 0.900. The first-order chi connectivity index (χ1) is 6.63. The molecule has 0 heterocycles. The number of nitrogens with one attached hydrogen (secondary N) is 1. The number of ether oxygens (including phenoxy) is 1. The van der Waals surface area contributed by atoms with E-state index in [0.29, 0.717) is 25.5 Å². The van der Waals surface area contributed by atoms with Gasteiger partial charge in [-0.05, 0) is 19.4 Å². The summed E-state index contributed by atoms with van der Waals surface area (Å²) in [6, 6.07) is 0.0720. The average Bonchev–Trinajstić information content (AvgIpc) is 2.14. The smallest absolute Gasteiger partial charge is 0.220 e. The van der Waals surface area contributed by atoms with Gasteiger partial charge >= 0.3 is 0 Å². The summed E-state index contributed by atoms with van der Waals surface area (Å²) in [6.45, 7) is 5.09. The van der Waals surface area contributed by atoms with Crippen molar-refractivity contribution < 1.29 is 9.53 Å². The molecular weight excluding hydrogens is 180 g/mol. The largest absolute Gasteiger partial charge is 0.383 e. The Hall–Kier alpha value is -0.610. The van der Waals surface area contributed by atoms with Gasteiger partial charge in [-0.1, -0.05) is 13.3 Å². The van der Waals surface area contributed by atoms with Crippen LogP contribution in [0.15, 0.2) is 0 Å². The van der Waals surface area contributed by atoms with Crippen LogP contribution in [0.25, 0.3) is 0 Å². The van der Waals surface area contributed by atoms with E-state index in [0.717, 1.165) is 6.42 Å². The van der Waals surface area contributed by atoms with Gasteiger partial charge in [-0.2, -0.15) is 0 Å². The zero-order valence-corrected chi connectivity index (χ0v) is 9.38. The first-order valence-electron chi connectivity index (χ1n) is 5.12. The van der Waals surface area contributed by atoms with Gasteiger partial charge in [0.1, 0.15) is 0 Å². The van der Waals surface area contributed by atoms with Crippen molar-refractivity contribution in [2.45, 2.75) is 32.7 Å². The molecular formula is C10H22N2O2. The minimum absolute atomic E-state index is 0.0619. The standard InChI is InChI=1S/C10H22N2O2/c1-4-9(6-11)5-10(13)12-8(2)7-14-3/h8-9H,4-7,11H2,1-3H3,(H,12,13). The van der Waals surface area contributed by atoms with Gasteiger partial charge in [0.25, 0.3) is 0 Å². The van der Waals surface area contributed by atoms with E-state index in [1.54, 1.807) is 7.11 Å². The van der Waals surface area contributed by atoms with Gasteiger partial charge in [0.15, 0.2) is 0 Å². The highest BCUT2D eigenvalue weighted by atomic mass is 16.5. The Morgan fingerprint density at radius 3 is 2.64 bits per heavy atom. The summed E-state index contributed by atoms with van der Waals surface area (Å²) < 4.78 is 4.92. The third-order valence-corrected chi connectivity index (χ3v) is 2.21. The summed E-state index contributed by atoms with van der Waals surface area (Å²) in [7, 11) is 1.62. The molecule has 0 aliphatic heterocycles. The summed E-state index contributed by atoms with van der Waals surface area (Å²) in [5, 5.41) is 2.86. The number of rotatable bonds is 7. The fourth-order valence-electron chi connectivity index (χ4n) is 1.28. The van der Waals surface area contributed by atoms with Crippen LogP contribution >= 0.6 is 0 Å². The summed E-state index contributed by atoms with van der Waals surface area (Å²) in [4.78, 5) is 11.4. The number of nitrogens with two attached hydrogens (primary N) is 1. The van der Waals surface area contributed by atoms with Gasteiger partial charge in [0.2, 0.25) is 5.91 Å². The molecule has 0 fully saturated rings. The highest BCUT2D eigenvalue weighted by Gasteiger charge is 2.12. The van der Waals surface area contributed by atoms with Gasteiger partial charge in [0, 0.05) is 19.6 Å². The van der Waals surface area contributed by atoms with Crippen molar-refractivity contribution in [3.8, 4) is 0 Å². The first-order valence-corrected chi connectivity index (χ1v) is 5.12. The lowest BCUT2D eigenvalue weighted by Gasteiger charge is -2.15. The summed E-state index contributed by atoms with van der Waals surface area (Å²) in [5.41, 5.74) is 5.52. The van der Waals surface area contributed by atoms with Crippen LogP contribution < -0.4 is 11.1 Å². The fourth-order valence-corrected chi connectivity index (χ4v) is 1.28. The molecule has 4 nitrogen and oxygen atoms in total. The molecule has 0 aliphatic carbocycles. The molecule has 2 unspecified atom stereocenters. The monoisotopic (exact) mass is 202 g/mol. The minimum Gasteiger partial charge on any atom is -0.383 e. The van der Waals surface area contributed by atoms with Crippen LogP contribution in [0.3, 0.4) is 0 Å². The zero-order chi connectivity index (χ0) is 11.0. The van der Waals surface area contributed by atoms with Crippen LogP contribution in [0.5, 0.6) is 0 Å². The quantitative estimate of drug-likeness (QED) is 0.632. The highest BCUT2D eigenvalue weighted by molar-refractivity contribution is 5.76. The second kappa shape index (κ2) is 7.76. The number of amides is 1.